The first-order valence-electron chi connectivity index (χ1n) is 15.0. The summed E-state index contributed by atoms with van der Waals surface area (Å²) in [6.45, 7) is 0. The van der Waals surface area contributed by atoms with E-state index in [1.807, 2.05) is 18.2 Å². The molecule has 0 aliphatic heterocycles. The lowest BCUT2D eigenvalue weighted by Crippen LogP contribution is -2.05. The van der Waals surface area contributed by atoms with E-state index in [1.54, 1.807) is 6.33 Å². The number of furan rings is 1. The Kier molecular flexibility index (Phi) is 4.90. The minimum absolute atomic E-state index is 0.581. The van der Waals surface area contributed by atoms with E-state index in [9.17, 15) is 0 Å². The van der Waals surface area contributed by atoms with Crippen molar-refractivity contribution >= 4 is 65.6 Å². The highest BCUT2D eigenvalue weighted by Gasteiger charge is 2.22. The fourth-order valence-electron chi connectivity index (χ4n) is 7.04. The Balaban J connectivity index is 1.28. The Labute approximate surface area is 256 Å². The van der Waals surface area contributed by atoms with E-state index in [-0.39, 0.29) is 0 Å². The molecule has 0 saturated carbocycles. The molecule has 0 unspecified atom stereocenters. The van der Waals surface area contributed by atoms with Crippen LogP contribution in [-0.2, 0) is 0 Å². The molecular weight excluding hydrogens is 554 g/mol. The summed E-state index contributed by atoms with van der Waals surface area (Å²) in [6, 6.07) is 46.2. The molecule has 4 heterocycles. The van der Waals surface area contributed by atoms with Crippen LogP contribution >= 0.6 is 0 Å². The first-order valence-corrected chi connectivity index (χ1v) is 15.0. The highest BCUT2D eigenvalue weighted by Crippen LogP contribution is 2.42. The van der Waals surface area contributed by atoms with Crippen LogP contribution in [0.25, 0.3) is 88.6 Å². The molecular formula is C39H23N5O. The van der Waals surface area contributed by atoms with Crippen molar-refractivity contribution in [2.24, 2.45) is 0 Å². The molecule has 210 valence electrons. The van der Waals surface area contributed by atoms with Gasteiger partial charge in [-0.1, -0.05) is 84.9 Å². The van der Waals surface area contributed by atoms with Gasteiger partial charge in [0, 0.05) is 32.5 Å². The van der Waals surface area contributed by atoms with Gasteiger partial charge in [0.2, 0.25) is 5.95 Å². The maximum absolute atomic E-state index is 6.34. The van der Waals surface area contributed by atoms with Gasteiger partial charge in [-0.2, -0.15) is 4.98 Å². The summed E-state index contributed by atoms with van der Waals surface area (Å²) in [6.07, 6.45) is 1.62. The lowest BCUT2D eigenvalue weighted by molar-refractivity contribution is 0.669. The Hall–Kier alpha value is -6.27. The minimum atomic E-state index is 0.581. The molecule has 0 aliphatic rings. The molecule has 0 amide bonds. The van der Waals surface area contributed by atoms with Gasteiger partial charge in [0.15, 0.2) is 5.82 Å². The summed E-state index contributed by atoms with van der Waals surface area (Å²) >= 11 is 0. The van der Waals surface area contributed by atoms with Crippen molar-refractivity contribution in [2.75, 3.05) is 0 Å². The first kappa shape index (κ1) is 24.2. The quantitative estimate of drug-likeness (QED) is 0.210. The van der Waals surface area contributed by atoms with Crippen LogP contribution in [0.15, 0.2) is 144 Å². The molecule has 4 aromatic heterocycles. The number of benzene rings is 6. The van der Waals surface area contributed by atoms with Gasteiger partial charge in [-0.15, -0.1) is 0 Å². The zero-order valence-electron chi connectivity index (χ0n) is 23.9. The Morgan fingerprint density at radius 1 is 0.467 bits per heavy atom. The van der Waals surface area contributed by atoms with Gasteiger partial charge < -0.3 is 8.98 Å². The molecule has 0 spiro atoms. The van der Waals surface area contributed by atoms with Gasteiger partial charge in [0.25, 0.3) is 0 Å². The third-order valence-electron chi connectivity index (χ3n) is 8.90. The summed E-state index contributed by atoms with van der Waals surface area (Å²) in [5, 5.41) is 6.86. The fourth-order valence-corrected chi connectivity index (χ4v) is 7.04. The molecule has 6 aromatic carbocycles. The van der Waals surface area contributed by atoms with Crippen molar-refractivity contribution in [2.45, 2.75) is 0 Å². The zero-order valence-corrected chi connectivity index (χ0v) is 23.9. The van der Waals surface area contributed by atoms with Gasteiger partial charge in [-0.05, 0) is 48.5 Å². The smallest absolute Gasteiger partial charge is 0.238 e. The highest BCUT2D eigenvalue weighted by atomic mass is 16.3. The molecule has 0 saturated heterocycles. The van der Waals surface area contributed by atoms with Crippen molar-refractivity contribution in [3.8, 4) is 23.0 Å². The number of para-hydroxylation sites is 5. The van der Waals surface area contributed by atoms with Crippen LogP contribution in [0, 0.1) is 0 Å². The summed E-state index contributed by atoms with van der Waals surface area (Å²) in [5.41, 5.74) is 7.95. The number of aromatic nitrogens is 5. The van der Waals surface area contributed by atoms with E-state index in [2.05, 4.69) is 129 Å². The summed E-state index contributed by atoms with van der Waals surface area (Å²) in [4.78, 5) is 14.6. The van der Waals surface area contributed by atoms with Crippen LogP contribution in [0.2, 0.25) is 0 Å². The number of rotatable bonds is 3. The van der Waals surface area contributed by atoms with Crippen LogP contribution in [0.1, 0.15) is 0 Å². The second kappa shape index (κ2) is 9.11. The van der Waals surface area contributed by atoms with E-state index in [4.69, 9.17) is 14.4 Å². The maximum Gasteiger partial charge on any atom is 0.238 e. The standard InChI is InChI=1S/C39H23N5O/c1-7-17-31-24(11-1)25-12-2-8-18-32(25)44(31)39-41-23-40-38(42-39)28-14-4-9-19-33(28)43-30-16-6-3-13-26(30)27-21-22-35-36(37(27)43)29-15-5-10-20-34(29)45-35/h1-23H. The van der Waals surface area contributed by atoms with Crippen LogP contribution in [0.4, 0.5) is 0 Å². The Bertz CT molecular complexity index is 2730. The second-order valence-corrected chi connectivity index (χ2v) is 11.3. The van der Waals surface area contributed by atoms with Crippen molar-refractivity contribution in [3.05, 3.63) is 140 Å². The normalized spacial score (nSPS) is 12.0. The molecule has 0 fully saturated rings. The van der Waals surface area contributed by atoms with E-state index in [0.29, 0.717) is 11.8 Å². The molecule has 10 rings (SSSR count). The largest absolute Gasteiger partial charge is 0.456 e. The average molecular weight is 578 g/mol. The summed E-state index contributed by atoms with van der Waals surface area (Å²) in [7, 11) is 0. The summed E-state index contributed by atoms with van der Waals surface area (Å²) < 4.78 is 10.8. The van der Waals surface area contributed by atoms with Crippen molar-refractivity contribution in [3.63, 3.8) is 0 Å². The number of fused-ring (bicyclic) bond motifs is 10. The van der Waals surface area contributed by atoms with E-state index in [0.717, 1.165) is 66.0 Å². The minimum Gasteiger partial charge on any atom is -0.456 e. The molecule has 0 atom stereocenters. The fraction of sp³-hybridized carbons (Fsp3) is 0. The third-order valence-corrected chi connectivity index (χ3v) is 8.90. The van der Waals surface area contributed by atoms with Gasteiger partial charge in [-0.3, -0.25) is 4.57 Å². The average Bonchev–Trinajstić information content (AvgIpc) is 3.76. The molecule has 0 N–H and O–H groups in total. The SMILES string of the molecule is c1ccc(-n2c3ccccc3c3ccc4oc5ccccc5c4c32)c(-c2ncnc(-n3c4ccccc4c4ccccc43)n2)c1. The van der Waals surface area contributed by atoms with Gasteiger partial charge >= 0.3 is 0 Å². The molecule has 10 aromatic rings. The highest BCUT2D eigenvalue weighted by molar-refractivity contribution is 6.24. The monoisotopic (exact) mass is 577 g/mol. The van der Waals surface area contributed by atoms with Crippen LogP contribution < -0.4 is 0 Å². The van der Waals surface area contributed by atoms with Gasteiger partial charge in [-0.25, -0.2) is 9.97 Å². The van der Waals surface area contributed by atoms with Crippen molar-refractivity contribution in [1.29, 1.82) is 0 Å². The Morgan fingerprint density at radius 2 is 1.07 bits per heavy atom. The lowest BCUT2D eigenvalue weighted by Gasteiger charge is -2.14. The van der Waals surface area contributed by atoms with E-state index in [1.165, 1.54) is 10.8 Å². The molecule has 45 heavy (non-hydrogen) atoms. The van der Waals surface area contributed by atoms with E-state index >= 15 is 0 Å². The number of nitrogens with zero attached hydrogens (tertiary/aromatic N) is 5. The van der Waals surface area contributed by atoms with Gasteiger partial charge in [0.05, 0.1) is 33.1 Å². The van der Waals surface area contributed by atoms with Crippen molar-refractivity contribution < 1.29 is 4.42 Å². The van der Waals surface area contributed by atoms with Crippen LogP contribution in [0.5, 0.6) is 0 Å². The van der Waals surface area contributed by atoms with Crippen LogP contribution in [-0.4, -0.2) is 24.1 Å². The van der Waals surface area contributed by atoms with E-state index < -0.39 is 0 Å². The molecule has 6 heteroatoms. The maximum atomic E-state index is 6.34. The molecule has 0 aliphatic carbocycles. The Morgan fingerprint density at radius 3 is 1.82 bits per heavy atom. The van der Waals surface area contributed by atoms with Crippen molar-refractivity contribution in [1.82, 2.24) is 24.1 Å². The van der Waals surface area contributed by atoms with Crippen LogP contribution in [0.3, 0.4) is 0 Å². The number of hydrogen-bond acceptors (Lipinski definition) is 4. The second-order valence-electron chi connectivity index (χ2n) is 11.3. The molecule has 6 nitrogen and oxygen atoms in total. The lowest BCUT2D eigenvalue weighted by atomic mass is 10.1. The topological polar surface area (TPSA) is 61.7 Å². The summed E-state index contributed by atoms with van der Waals surface area (Å²) in [5.74, 6) is 1.19. The number of hydrogen-bond donors (Lipinski definition) is 0. The van der Waals surface area contributed by atoms with Gasteiger partial charge in [0.1, 0.15) is 17.5 Å². The third kappa shape index (κ3) is 3.36. The zero-order chi connectivity index (χ0) is 29.5. The molecule has 0 radical (unpaired) electrons. The predicted octanol–water partition coefficient (Wildman–Crippen LogP) is 9.63. The molecule has 0 bridgehead atoms. The predicted molar refractivity (Wildman–Crippen MR) is 181 cm³/mol. The first-order chi connectivity index (χ1) is 22.3.